The van der Waals surface area contributed by atoms with Crippen molar-refractivity contribution in [1.29, 1.82) is 0 Å². The third-order valence-electron chi connectivity index (χ3n) is 3.70. The number of nitrogens with two attached hydrogens (primary N) is 1. The van der Waals surface area contributed by atoms with Crippen molar-refractivity contribution in [3.8, 4) is 0 Å². The highest BCUT2D eigenvalue weighted by atomic mass is 35.5. The van der Waals surface area contributed by atoms with E-state index in [1.807, 2.05) is 0 Å². The third kappa shape index (κ3) is 3.41. The van der Waals surface area contributed by atoms with Crippen molar-refractivity contribution < 1.29 is 24.4 Å². The van der Waals surface area contributed by atoms with Gasteiger partial charge in [-0.25, -0.2) is 4.79 Å². The average molecular weight is 388 g/mol. The minimum absolute atomic E-state index is 0. The molecular weight excluding hydrogens is 374 g/mol. The molecule has 1 amide bonds. The molecule has 134 valence electrons. The van der Waals surface area contributed by atoms with Crippen LogP contribution in [0.5, 0.6) is 0 Å². The van der Waals surface area contributed by atoms with Crippen LogP contribution >= 0.6 is 24.2 Å². The number of β-lactam (4-membered cyclic amide) rings is 1. The lowest BCUT2D eigenvalue weighted by atomic mass is 10.1. The highest BCUT2D eigenvalue weighted by Crippen LogP contribution is 2.38. The van der Waals surface area contributed by atoms with Crippen LogP contribution < -0.4 is 5.73 Å². The van der Waals surface area contributed by atoms with Crippen LogP contribution in [0.4, 0.5) is 5.69 Å². The van der Waals surface area contributed by atoms with Gasteiger partial charge in [-0.2, -0.15) is 0 Å². The van der Waals surface area contributed by atoms with Crippen LogP contribution in [0, 0.1) is 10.1 Å². The zero-order valence-electron chi connectivity index (χ0n) is 12.7. The second-order valence-electron chi connectivity index (χ2n) is 5.23. The minimum Gasteiger partial charge on any atom is -0.509 e. The lowest BCUT2D eigenvalue weighted by Crippen LogP contribution is -2.68. The molecule has 2 atom stereocenters. The summed E-state index contributed by atoms with van der Waals surface area (Å²) >= 11 is 1.27. The summed E-state index contributed by atoms with van der Waals surface area (Å²) in [6, 6.07) is 4.82. The van der Waals surface area contributed by atoms with Gasteiger partial charge < -0.3 is 15.6 Å². The Morgan fingerprint density at radius 1 is 1.44 bits per heavy atom. The van der Waals surface area contributed by atoms with Gasteiger partial charge in [0.25, 0.3) is 5.69 Å². The van der Waals surface area contributed by atoms with Crippen LogP contribution in [0.1, 0.15) is 5.56 Å². The SMILES string of the molecule is Cl.NC1C(=O)N2C(C(=O)OCc3ccc([N+](=O)[O-])cc3)=C(O)CS[C@H]12. The van der Waals surface area contributed by atoms with Crippen LogP contribution in [-0.4, -0.2) is 44.0 Å². The molecule has 0 spiro atoms. The summed E-state index contributed by atoms with van der Waals surface area (Å²) < 4.78 is 5.10. The lowest BCUT2D eigenvalue weighted by molar-refractivity contribution is -0.384. The number of amides is 1. The number of non-ortho nitro benzene ring substituents is 1. The fourth-order valence-electron chi connectivity index (χ4n) is 2.42. The number of thioether (sulfide) groups is 1. The summed E-state index contributed by atoms with van der Waals surface area (Å²) in [7, 11) is 0. The topological polar surface area (TPSA) is 136 Å². The van der Waals surface area contributed by atoms with Gasteiger partial charge in [0.1, 0.15) is 23.8 Å². The molecule has 3 N–H and O–H groups in total. The molecule has 1 aromatic carbocycles. The Hall–Kier alpha value is -2.30. The van der Waals surface area contributed by atoms with Crippen LogP contribution in [0.25, 0.3) is 0 Å². The van der Waals surface area contributed by atoms with E-state index in [-0.39, 0.29) is 47.3 Å². The van der Waals surface area contributed by atoms with Crippen LogP contribution in [0.3, 0.4) is 0 Å². The standard InChI is InChI=1S/C14H13N3O6S.ClH/c15-10-12(19)16-11(9(18)6-24-13(10)16)14(20)23-5-7-1-3-8(4-2-7)17(21)22;/h1-4,10,13,18H,5-6,15H2;1H/t10?,13-;/m1./s1. The maximum atomic E-state index is 12.2. The summed E-state index contributed by atoms with van der Waals surface area (Å²) in [5, 5.41) is 20.1. The number of carbonyl (C=O) groups is 2. The zero-order valence-corrected chi connectivity index (χ0v) is 14.3. The van der Waals surface area contributed by atoms with Crippen LogP contribution in [-0.2, 0) is 20.9 Å². The predicted octanol–water partition coefficient (Wildman–Crippen LogP) is 1.07. The number of nitro groups is 1. The number of aliphatic hydroxyl groups excluding tert-OH is 1. The number of aliphatic hydroxyl groups is 1. The van der Waals surface area contributed by atoms with Crippen LogP contribution in [0.15, 0.2) is 35.7 Å². The van der Waals surface area contributed by atoms with E-state index in [0.29, 0.717) is 5.56 Å². The van der Waals surface area contributed by atoms with Crippen molar-refractivity contribution in [3.63, 3.8) is 0 Å². The smallest absolute Gasteiger partial charge is 0.358 e. The molecule has 1 saturated heterocycles. The number of rotatable bonds is 4. The van der Waals surface area contributed by atoms with Gasteiger partial charge in [0, 0.05) is 12.1 Å². The van der Waals surface area contributed by atoms with E-state index in [2.05, 4.69) is 0 Å². The van der Waals surface area contributed by atoms with Gasteiger partial charge >= 0.3 is 5.97 Å². The molecule has 3 rings (SSSR count). The highest BCUT2D eigenvalue weighted by Gasteiger charge is 2.52. The number of carbonyl (C=O) groups excluding carboxylic acids is 2. The third-order valence-corrected chi connectivity index (χ3v) is 4.99. The summed E-state index contributed by atoms with van der Waals surface area (Å²) in [6.07, 6.45) is 0. The molecule has 25 heavy (non-hydrogen) atoms. The molecular formula is C14H14ClN3O6S. The lowest BCUT2D eigenvalue weighted by Gasteiger charge is -2.47. The molecule has 0 aliphatic carbocycles. The van der Waals surface area contributed by atoms with Gasteiger partial charge in [0.2, 0.25) is 5.91 Å². The fraction of sp³-hybridized carbons (Fsp3) is 0.286. The highest BCUT2D eigenvalue weighted by molar-refractivity contribution is 8.00. The number of hydrogen-bond donors (Lipinski definition) is 2. The van der Waals surface area contributed by atoms with E-state index in [1.54, 1.807) is 0 Å². The molecule has 0 bridgehead atoms. The first-order chi connectivity index (χ1) is 11.4. The summed E-state index contributed by atoms with van der Waals surface area (Å²) in [4.78, 5) is 35.2. The molecule has 0 radical (unpaired) electrons. The van der Waals surface area contributed by atoms with Gasteiger partial charge in [-0.1, -0.05) is 0 Å². The van der Waals surface area contributed by atoms with E-state index in [4.69, 9.17) is 10.5 Å². The molecule has 1 unspecified atom stereocenters. The number of benzene rings is 1. The zero-order chi connectivity index (χ0) is 17.4. The number of halogens is 1. The van der Waals surface area contributed by atoms with Gasteiger partial charge in [0.05, 0.1) is 10.7 Å². The molecule has 2 aliphatic rings. The van der Waals surface area contributed by atoms with Gasteiger partial charge in [-0.3, -0.25) is 19.8 Å². The monoisotopic (exact) mass is 387 g/mol. The number of nitro benzene ring substituents is 1. The summed E-state index contributed by atoms with van der Waals surface area (Å²) in [5.41, 5.74) is 5.95. The maximum absolute atomic E-state index is 12.2. The number of fused-ring (bicyclic) bond motifs is 1. The summed E-state index contributed by atoms with van der Waals surface area (Å²) in [6.45, 7) is -0.139. The van der Waals surface area contributed by atoms with Gasteiger partial charge in [-0.05, 0) is 17.7 Å². The Balaban J connectivity index is 0.00000225. The van der Waals surface area contributed by atoms with E-state index in [0.717, 1.165) is 4.90 Å². The van der Waals surface area contributed by atoms with E-state index >= 15 is 0 Å². The van der Waals surface area contributed by atoms with Gasteiger partial charge in [0.15, 0.2) is 5.70 Å². The number of esters is 1. The van der Waals surface area contributed by atoms with E-state index < -0.39 is 22.8 Å². The second-order valence-corrected chi connectivity index (χ2v) is 6.34. The van der Waals surface area contributed by atoms with Crippen molar-refractivity contribution in [2.75, 3.05) is 5.75 Å². The van der Waals surface area contributed by atoms with Crippen molar-refractivity contribution in [3.05, 3.63) is 51.4 Å². The molecule has 1 fully saturated rings. The number of hydrogen-bond acceptors (Lipinski definition) is 8. The molecule has 0 saturated carbocycles. The Bertz CT molecular complexity index is 753. The molecule has 11 heteroatoms. The Morgan fingerprint density at radius 2 is 2.08 bits per heavy atom. The first kappa shape index (κ1) is 19.0. The Labute approximate surface area is 152 Å². The van der Waals surface area contributed by atoms with Crippen molar-refractivity contribution >= 4 is 41.7 Å². The number of nitrogens with zero attached hydrogens (tertiary/aromatic N) is 2. The average Bonchev–Trinajstić information content (AvgIpc) is 2.59. The fourth-order valence-corrected chi connectivity index (χ4v) is 3.57. The Kier molecular flexibility index (Phi) is 5.55. The quantitative estimate of drug-likeness (QED) is 0.339. The second kappa shape index (κ2) is 7.30. The van der Waals surface area contributed by atoms with Crippen molar-refractivity contribution in [2.24, 2.45) is 5.73 Å². The molecule has 1 aromatic rings. The summed E-state index contributed by atoms with van der Waals surface area (Å²) in [5.74, 6) is -1.34. The molecule has 9 nitrogen and oxygen atoms in total. The predicted molar refractivity (Wildman–Crippen MR) is 90.9 cm³/mol. The number of ether oxygens (including phenoxy) is 1. The first-order valence-electron chi connectivity index (χ1n) is 6.93. The molecule has 0 aromatic heterocycles. The van der Waals surface area contributed by atoms with Crippen LogP contribution in [0.2, 0.25) is 0 Å². The van der Waals surface area contributed by atoms with Crippen molar-refractivity contribution in [1.82, 2.24) is 4.90 Å². The maximum Gasteiger partial charge on any atom is 0.358 e. The molecule has 2 aliphatic heterocycles. The minimum atomic E-state index is -0.837. The normalized spacial score (nSPS) is 21.8. The Morgan fingerprint density at radius 3 is 2.68 bits per heavy atom. The largest absolute Gasteiger partial charge is 0.509 e. The van der Waals surface area contributed by atoms with Gasteiger partial charge in [-0.15, -0.1) is 24.2 Å². The van der Waals surface area contributed by atoms with E-state index in [1.165, 1.54) is 36.0 Å². The first-order valence-corrected chi connectivity index (χ1v) is 7.98. The molecule has 2 heterocycles. The van der Waals surface area contributed by atoms with Crippen molar-refractivity contribution in [2.45, 2.75) is 18.0 Å². The van der Waals surface area contributed by atoms with E-state index in [9.17, 15) is 24.8 Å².